The molecule has 2 aromatic carbocycles. The summed E-state index contributed by atoms with van der Waals surface area (Å²) >= 11 is 1.55. The summed E-state index contributed by atoms with van der Waals surface area (Å²) in [5, 5.41) is 7.92. The smallest absolute Gasteiger partial charge is 0.240 e. The van der Waals surface area contributed by atoms with Crippen LogP contribution in [0, 0.1) is 13.8 Å². The summed E-state index contributed by atoms with van der Waals surface area (Å²) < 4.78 is 7.64. The lowest BCUT2D eigenvalue weighted by molar-refractivity contribution is -0.123. The van der Waals surface area contributed by atoms with Crippen molar-refractivity contribution in [2.24, 2.45) is 0 Å². The molecular formula is C30H38N4O3S. The highest BCUT2D eigenvalue weighted by molar-refractivity contribution is 8.00. The van der Waals surface area contributed by atoms with E-state index in [2.05, 4.69) is 39.1 Å². The number of carbonyl (C=O) groups is 2. The molecule has 38 heavy (non-hydrogen) atoms. The lowest BCUT2D eigenvalue weighted by atomic mass is 9.87. The van der Waals surface area contributed by atoms with E-state index in [-0.39, 0.29) is 40.8 Å². The summed E-state index contributed by atoms with van der Waals surface area (Å²) in [4.78, 5) is 28.4. The third kappa shape index (κ3) is 5.46. The highest BCUT2D eigenvalue weighted by atomic mass is 32.2. The second-order valence-electron chi connectivity index (χ2n) is 11.2. The van der Waals surface area contributed by atoms with E-state index in [4.69, 9.17) is 9.84 Å². The molecule has 0 unspecified atom stereocenters. The predicted molar refractivity (Wildman–Crippen MR) is 155 cm³/mol. The molecule has 2 heterocycles. The van der Waals surface area contributed by atoms with E-state index < -0.39 is 0 Å². The molecule has 3 aromatic rings. The first-order valence-corrected chi connectivity index (χ1v) is 14.0. The molecule has 8 heteroatoms. The Balaban J connectivity index is 2.06. The molecule has 1 aliphatic rings. The number of methoxy groups -OCH3 is 1. The van der Waals surface area contributed by atoms with Gasteiger partial charge in [0.2, 0.25) is 11.8 Å². The van der Waals surface area contributed by atoms with Gasteiger partial charge in [-0.25, -0.2) is 4.68 Å². The maximum absolute atomic E-state index is 13.8. The molecule has 1 atom stereocenters. The highest BCUT2D eigenvalue weighted by Crippen LogP contribution is 2.50. The average Bonchev–Trinajstić information content (AvgIpc) is 3.16. The molecule has 2 amide bonds. The van der Waals surface area contributed by atoms with Gasteiger partial charge in [0.15, 0.2) is 0 Å². The molecule has 0 saturated carbocycles. The fraction of sp³-hybridized carbons (Fsp3) is 0.433. The average molecular weight is 535 g/mol. The van der Waals surface area contributed by atoms with Crippen molar-refractivity contribution in [1.82, 2.24) is 15.1 Å². The van der Waals surface area contributed by atoms with E-state index in [0.717, 1.165) is 39.4 Å². The van der Waals surface area contributed by atoms with Crippen LogP contribution in [0.1, 0.15) is 67.8 Å². The molecule has 0 spiro atoms. The SMILES string of the molecule is COc1ccccc1[C@@H]1SCC(=O)N(CC(=O)NC(C)C)c2c1c(C(C)(C)C)nn2-c1ccc(C)cc1C. The summed E-state index contributed by atoms with van der Waals surface area (Å²) in [6.07, 6.45) is 0. The number of anilines is 1. The van der Waals surface area contributed by atoms with Crippen LogP contribution < -0.4 is 15.0 Å². The number of carbonyl (C=O) groups excluding carboxylic acids is 2. The van der Waals surface area contributed by atoms with Crippen LogP contribution in [-0.4, -0.2) is 47.0 Å². The van der Waals surface area contributed by atoms with Crippen LogP contribution in [0.3, 0.4) is 0 Å². The second kappa shape index (κ2) is 10.8. The zero-order valence-electron chi connectivity index (χ0n) is 23.6. The number of nitrogens with one attached hydrogen (secondary N) is 1. The van der Waals surface area contributed by atoms with Crippen LogP contribution in [0.15, 0.2) is 42.5 Å². The van der Waals surface area contributed by atoms with Crippen LogP contribution >= 0.6 is 11.8 Å². The Kier molecular flexibility index (Phi) is 7.93. The first-order valence-electron chi connectivity index (χ1n) is 13.0. The summed E-state index contributed by atoms with van der Waals surface area (Å²) in [6.45, 7) is 14.3. The quantitative estimate of drug-likeness (QED) is 0.453. The Hall–Kier alpha value is -3.26. The molecule has 1 N–H and O–H groups in total. The fourth-order valence-electron chi connectivity index (χ4n) is 4.92. The number of para-hydroxylation sites is 1. The monoisotopic (exact) mass is 534 g/mol. The largest absolute Gasteiger partial charge is 0.496 e. The normalized spacial score (nSPS) is 15.9. The first kappa shape index (κ1) is 27.8. The summed E-state index contributed by atoms with van der Waals surface area (Å²) in [6, 6.07) is 14.1. The molecule has 1 aromatic heterocycles. The Morgan fingerprint density at radius 1 is 1.18 bits per heavy atom. The van der Waals surface area contributed by atoms with Crippen molar-refractivity contribution in [3.05, 3.63) is 70.4 Å². The van der Waals surface area contributed by atoms with E-state index in [1.165, 1.54) is 0 Å². The topological polar surface area (TPSA) is 76.5 Å². The molecule has 202 valence electrons. The summed E-state index contributed by atoms with van der Waals surface area (Å²) in [5.41, 5.74) is 5.56. The Bertz CT molecular complexity index is 1360. The van der Waals surface area contributed by atoms with Crippen molar-refractivity contribution in [3.8, 4) is 11.4 Å². The van der Waals surface area contributed by atoms with Crippen LogP contribution in [0.5, 0.6) is 5.75 Å². The molecule has 7 nitrogen and oxygen atoms in total. The highest BCUT2D eigenvalue weighted by Gasteiger charge is 2.40. The number of aromatic nitrogens is 2. The number of aryl methyl sites for hydroxylation is 2. The van der Waals surface area contributed by atoms with Crippen molar-refractivity contribution in [2.45, 2.75) is 65.2 Å². The van der Waals surface area contributed by atoms with Gasteiger partial charge in [0, 0.05) is 22.6 Å². The summed E-state index contributed by atoms with van der Waals surface area (Å²) in [7, 11) is 1.67. The second-order valence-corrected chi connectivity index (χ2v) is 12.3. The number of ether oxygens (including phenoxy) is 1. The zero-order valence-corrected chi connectivity index (χ0v) is 24.4. The lowest BCUT2D eigenvalue weighted by Crippen LogP contribution is -2.44. The van der Waals surface area contributed by atoms with Gasteiger partial charge < -0.3 is 10.1 Å². The molecule has 0 bridgehead atoms. The molecular weight excluding hydrogens is 496 g/mol. The Morgan fingerprint density at radius 2 is 1.89 bits per heavy atom. The molecule has 4 rings (SSSR count). The van der Waals surface area contributed by atoms with Gasteiger partial charge in [-0.1, -0.05) is 56.7 Å². The number of fused-ring (bicyclic) bond motifs is 1. The minimum Gasteiger partial charge on any atom is -0.496 e. The summed E-state index contributed by atoms with van der Waals surface area (Å²) in [5.74, 6) is 1.30. The van der Waals surface area contributed by atoms with Crippen LogP contribution in [0.2, 0.25) is 0 Å². The molecule has 0 aliphatic carbocycles. The van der Waals surface area contributed by atoms with Gasteiger partial charge in [0.25, 0.3) is 0 Å². The van der Waals surface area contributed by atoms with Gasteiger partial charge in [-0.05, 0) is 45.4 Å². The van der Waals surface area contributed by atoms with Gasteiger partial charge in [0.1, 0.15) is 18.1 Å². The number of thioether (sulfide) groups is 1. The molecule has 0 saturated heterocycles. The number of benzene rings is 2. The van der Waals surface area contributed by atoms with Gasteiger partial charge in [-0.2, -0.15) is 5.10 Å². The third-order valence-corrected chi connectivity index (χ3v) is 7.79. The van der Waals surface area contributed by atoms with E-state index in [0.29, 0.717) is 5.82 Å². The van der Waals surface area contributed by atoms with Gasteiger partial charge in [0.05, 0.1) is 29.5 Å². The van der Waals surface area contributed by atoms with E-state index >= 15 is 0 Å². The van der Waals surface area contributed by atoms with Crippen molar-refractivity contribution in [3.63, 3.8) is 0 Å². The lowest BCUT2D eigenvalue weighted by Gasteiger charge is -2.25. The van der Waals surface area contributed by atoms with Gasteiger partial charge in [-0.3, -0.25) is 14.5 Å². The minimum absolute atomic E-state index is 0.0332. The maximum atomic E-state index is 13.8. The standard InChI is InChI=1S/C30H38N4O3S/c1-18(2)31-24(35)16-33-25(36)17-38-27(21-11-9-10-12-23(21)37-8)26-28(30(5,6)7)32-34(29(26)33)22-14-13-19(3)15-20(22)4/h9-15,18,27H,16-17H2,1-8H3,(H,31,35)/t27-/m0/s1. The number of rotatable bonds is 6. The molecule has 0 radical (unpaired) electrons. The van der Waals surface area contributed by atoms with Crippen LogP contribution in [-0.2, 0) is 15.0 Å². The van der Waals surface area contributed by atoms with Crippen molar-refractivity contribution in [1.29, 1.82) is 0 Å². The zero-order chi connectivity index (χ0) is 27.8. The maximum Gasteiger partial charge on any atom is 0.240 e. The number of nitrogens with zero attached hydrogens (tertiary/aromatic N) is 3. The third-order valence-electron chi connectivity index (χ3n) is 6.55. The van der Waals surface area contributed by atoms with Crippen LogP contribution in [0.4, 0.5) is 5.82 Å². The van der Waals surface area contributed by atoms with E-state index in [1.807, 2.05) is 61.9 Å². The predicted octanol–water partition coefficient (Wildman–Crippen LogP) is 5.49. The van der Waals surface area contributed by atoms with Crippen molar-refractivity contribution >= 4 is 29.4 Å². The van der Waals surface area contributed by atoms with E-state index in [9.17, 15) is 9.59 Å². The Labute approximate surface area is 229 Å². The number of amides is 2. The van der Waals surface area contributed by atoms with Gasteiger partial charge >= 0.3 is 0 Å². The molecule has 0 fully saturated rings. The number of hydrogen-bond donors (Lipinski definition) is 1. The molecule has 1 aliphatic heterocycles. The minimum atomic E-state index is -0.325. The fourth-order valence-corrected chi connectivity index (χ4v) is 6.15. The Morgan fingerprint density at radius 3 is 2.53 bits per heavy atom. The van der Waals surface area contributed by atoms with Gasteiger partial charge in [-0.15, -0.1) is 11.8 Å². The van der Waals surface area contributed by atoms with Crippen molar-refractivity contribution < 1.29 is 14.3 Å². The van der Waals surface area contributed by atoms with Crippen LogP contribution in [0.25, 0.3) is 5.69 Å². The van der Waals surface area contributed by atoms with E-state index in [1.54, 1.807) is 23.8 Å². The first-order chi connectivity index (χ1) is 17.9. The number of hydrogen-bond acceptors (Lipinski definition) is 5. The van der Waals surface area contributed by atoms with Crippen molar-refractivity contribution in [2.75, 3.05) is 24.3 Å².